The largest absolute Gasteiger partial charge is 0.382 e. The summed E-state index contributed by atoms with van der Waals surface area (Å²) in [6.45, 7) is 7.62. The van der Waals surface area contributed by atoms with Gasteiger partial charge in [-0.05, 0) is 18.8 Å². The van der Waals surface area contributed by atoms with Gasteiger partial charge in [0.25, 0.3) is 0 Å². The zero-order chi connectivity index (χ0) is 12.2. The fourth-order valence-corrected chi connectivity index (χ4v) is 1.35. The maximum atomic E-state index is 5.92. The molecule has 4 heteroatoms. The highest BCUT2D eigenvalue weighted by Gasteiger charge is 2.09. The Morgan fingerprint density at radius 3 is 2.12 bits per heavy atom. The normalized spacial score (nSPS) is 15.0. The van der Waals surface area contributed by atoms with E-state index < -0.39 is 0 Å². The molecule has 0 spiro atoms. The van der Waals surface area contributed by atoms with Gasteiger partial charge >= 0.3 is 0 Å². The van der Waals surface area contributed by atoms with E-state index >= 15 is 0 Å². The fraction of sp³-hybridized carbons (Fsp3) is 1.00. The standard InChI is InChI=1S/C12H27NO3/c1-4-12(13)11(2)5-6-15-9-10-16-8-7-14-3/h11-12H,4-10,13H2,1-3H3. The first-order valence-corrected chi connectivity index (χ1v) is 6.12. The summed E-state index contributed by atoms with van der Waals surface area (Å²) in [7, 11) is 1.66. The quantitative estimate of drug-likeness (QED) is 0.549. The molecule has 0 saturated carbocycles. The average Bonchev–Trinajstić information content (AvgIpc) is 2.31. The number of nitrogens with two attached hydrogens (primary N) is 1. The minimum absolute atomic E-state index is 0.293. The third-order valence-corrected chi connectivity index (χ3v) is 2.72. The number of hydrogen-bond acceptors (Lipinski definition) is 4. The van der Waals surface area contributed by atoms with Gasteiger partial charge in [0.2, 0.25) is 0 Å². The predicted molar refractivity (Wildman–Crippen MR) is 65.6 cm³/mol. The molecular formula is C12H27NO3. The highest BCUT2D eigenvalue weighted by atomic mass is 16.5. The Hall–Kier alpha value is -0.160. The van der Waals surface area contributed by atoms with Crippen LogP contribution in [0.1, 0.15) is 26.7 Å². The van der Waals surface area contributed by atoms with Crippen molar-refractivity contribution < 1.29 is 14.2 Å². The van der Waals surface area contributed by atoms with Crippen molar-refractivity contribution >= 4 is 0 Å². The second-order valence-corrected chi connectivity index (χ2v) is 4.06. The maximum Gasteiger partial charge on any atom is 0.0701 e. The molecule has 0 aliphatic carbocycles. The van der Waals surface area contributed by atoms with Crippen LogP contribution in [0.25, 0.3) is 0 Å². The summed E-state index contributed by atoms with van der Waals surface area (Å²) in [6, 6.07) is 0.293. The van der Waals surface area contributed by atoms with Crippen LogP contribution in [0.3, 0.4) is 0 Å². The van der Waals surface area contributed by atoms with Gasteiger partial charge in [-0.3, -0.25) is 0 Å². The highest BCUT2D eigenvalue weighted by molar-refractivity contribution is 4.66. The van der Waals surface area contributed by atoms with Crippen LogP contribution in [-0.2, 0) is 14.2 Å². The molecular weight excluding hydrogens is 206 g/mol. The lowest BCUT2D eigenvalue weighted by molar-refractivity contribution is 0.0216. The predicted octanol–water partition coefficient (Wildman–Crippen LogP) is 1.43. The molecule has 0 aliphatic rings. The number of rotatable bonds is 11. The van der Waals surface area contributed by atoms with Crippen LogP contribution >= 0.6 is 0 Å². The smallest absolute Gasteiger partial charge is 0.0701 e. The topological polar surface area (TPSA) is 53.7 Å². The summed E-state index contributed by atoms with van der Waals surface area (Å²) in [5.74, 6) is 0.527. The first-order valence-electron chi connectivity index (χ1n) is 6.12. The Morgan fingerprint density at radius 2 is 1.56 bits per heavy atom. The van der Waals surface area contributed by atoms with Gasteiger partial charge in [-0.1, -0.05) is 13.8 Å². The van der Waals surface area contributed by atoms with E-state index in [4.69, 9.17) is 19.9 Å². The fourth-order valence-electron chi connectivity index (χ4n) is 1.35. The van der Waals surface area contributed by atoms with Gasteiger partial charge < -0.3 is 19.9 Å². The van der Waals surface area contributed by atoms with E-state index in [0.29, 0.717) is 38.4 Å². The van der Waals surface area contributed by atoms with Crippen LogP contribution in [0, 0.1) is 5.92 Å². The molecule has 0 bridgehead atoms. The van der Waals surface area contributed by atoms with Gasteiger partial charge in [0.05, 0.1) is 26.4 Å². The van der Waals surface area contributed by atoms with Gasteiger partial charge in [0, 0.05) is 19.8 Å². The molecule has 0 aromatic heterocycles. The van der Waals surface area contributed by atoms with Crippen molar-refractivity contribution in [1.29, 1.82) is 0 Å². The molecule has 0 amide bonds. The molecule has 0 rings (SSSR count). The van der Waals surface area contributed by atoms with Crippen molar-refractivity contribution in [3.63, 3.8) is 0 Å². The van der Waals surface area contributed by atoms with Crippen molar-refractivity contribution in [3.8, 4) is 0 Å². The summed E-state index contributed by atoms with van der Waals surface area (Å²) in [5, 5.41) is 0. The number of methoxy groups -OCH3 is 1. The van der Waals surface area contributed by atoms with E-state index in [2.05, 4.69) is 13.8 Å². The highest BCUT2D eigenvalue weighted by Crippen LogP contribution is 2.08. The lowest BCUT2D eigenvalue weighted by atomic mass is 9.98. The monoisotopic (exact) mass is 233 g/mol. The Kier molecular flexibility index (Phi) is 11.2. The molecule has 2 atom stereocenters. The van der Waals surface area contributed by atoms with Crippen molar-refractivity contribution in [1.82, 2.24) is 0 Å². The Balaban J connectivity index is 3.14. The number of hydrogen-bond donors (Lipinski definition) is 1. The SMILES string of the molecule is CCC(N)C(C)CCOCCOCCOC. The Labute approximate surface area is 99.4 Å². The summed E-state index contributed by atoms with van der Waals surface area (Å²) in [6.07, 6.45) is 2.05. The van der Waals surface area contributed by atoms with E-state index in [1.54, 1.807) is 7.11 Å². The van der Waals surface area contributed by atoms with Crippen LogP contribution in [-0.4, -0.2) is 46.2 Å². The average molecular weight is 233 g/mol. The maximum absolute atomic E-state index is 5.92. The zero-order valence-corrected chi connectivity index (χ0v) is 10.9. The van der Waals surface area contributed by atoms with Crippen LogP contribution in [0.4, 0.5) is 0 Å². The van der Waals surface area contributed by atoms with Crippen LogP contribution in [0.5, 0.6) is 0 Å². The van der Waals surface area contributed by atoms with E-state index in [9.17, 15) is 0 Å². The third kappa shape index (κ3) is 9.09. The molecule has 0 aliphatic heterocycles. The second kappa shape index (κ2) is 11.3. The third-order valence-electron chi connectivity index (χ3n) is 2.72. The summed E-state index contributed by atoms with van der Waals surface area (Å²) < 4.78 is 15.6. The lowest BCUT2D eigenvalue weighted by Gasteiger charge is -2.17. The van der Waals surface area contributed by atoms with Crippen LogP contribution < -0.4 is 5.73 Å². The van der Waals surface area contributed by atoms with Gasteiger partial charge in [-0.15, -0.1) is 0 Å². The van der Waals surface area contributed by atoms with Gasteiger partial charge in [-0.25, -0.2) is 0 Å². The molecule has 0 saturated heterocycles. The molecule has 4 nitrogen and oxygen atoms in total. The van der Waals surface area contributed by atoms with Crippen molar-refractivity contribution in [2.24, 2.45) is 11.7 Å². The van der Waals surface area contributed by atoms with E-state index in [-0.39, 0.29) is 0 Å². The van der Waals surface area contributed by atoms with E-state index in [0.717, 1.165) is 19.4 Å². The van der Waals surface area contributed by atoms with Crippen molar-refractivity contribution in [2.75, 3.05) is 40.1 Å². The molecule has 2 unspecified atom stereocenters. The summed E-state index contributed by atoms with van der Waals surface area (Å²) in [4.78, 5) is 0. The summed E-state index contributed by atoms with van der Waals surface area (Å²) in [5.41, 5.74) is 5.92. The van der Waals surface area contributed by atoms with Gasteiger partial charge in [-0.2, -0.15) is 0 Å². The second-order valence-electron chi connectivity index (χ2n) is 4.06. The van der Waals surface area contributed by atoms with Crippen molar-refractivity contribution in [2.45, 2.75) is 32.7 Å². The van der Waals surface area contributed by atoms with Gasteiger partial charge in [0.15, 0.2) is 0 Å². The number of ether oxygens (including phenoxy) is 3. The first kappa shape index (κ1) is 15.8. The minimum atomic E-state index is 0.293. The molecule has 0 radical (unpaired) electrons. The van der Waals surface area contributed by atoms with Gasteiger partial charge in [0.1, 0.15) is 0 Å². The lowest BCUT2D eigenvalue weighted by Crippen LogP contribution is -2.28. The molecule has 98 valence electrons. The van der Waals surface area contributed by atoms with E-state index in [1.165, 1.54) is 0 Å². The molecule has 0 aromatic carbocycles. The summed E-state index contributed by atoms with van der Waals surface area (Å²) >= 11 is 0. The van der Waals surface area contributed by atoms with Crippen molar-refractivity contribution in [3.05, 3.63) is 0 Å². The molecule has 2 N–H and O–H groups in total. The molecule has 0 fully saturated rings. The zero-order valence-electron chi connectivity index (χ0n) is 10.9. The molecule has 0 heterocycles. The Bertz CT molecular complexity index is 144. The minimum Gasteiger partial charge on any atom is -0.382 e. The first-order chi connectivity index (χ1) is 7.72. The molecule has 0 aromatic rings. The molecule has 16 heavy (non-hydrogen) atoms. The van der Waals surface area contributed by atoms with Crippen LogP contribution in [0.15, 0.2) is 0 Å². The van der Waals surface area contributed by atoms with Crippen LogP contribution in [0.2, 0.25) is 0 Å². The Morgan fingerprint density at radius 1 is 1.00 bits per heavy atom. The van der Waals surface area contributed by atoms with E-state index in [1.807, 2.05) is 0 Å².